The molecule has 8 heteroatoms. The van der Waals surface area contributed by atoms with Gasteiger partial charge in [0.15, 0.2) is 9.84 Å². The smallest absolute Gasteiger partial charge is 0.259 e. The molecule has 3 heterocycles. The van der Waals surface area contributed by atoms with Crippen molar-refractivity contribution in [3.63, 3.8) is 0 Å². The minimum Gasteiger partial charge on any atom is -0.309 e. The highest BCUT2D eigenvalue weighted by molar-refractivity contribution is 7.91. The first-order chi connectivity index (χ1) is 10.9. The Labute approximate surface area is 138 Å². The highest BCUT2D eigenvalue weighted by atomic mass is 32.2. The zero-order chi connectivity index (χ0) is 16.2. The van der Waals surface area contributed by atoms with Crippen LogP contribution < -0.4 is 5.56 Å². The molecule has 1 aliphatic carbocycles. The van der Waals surface area contributed by atoms with Gasteiger partial charge in [0.1, 0.15) is 10.7 Å². The molecule has 2 aromatic rings. The van der Waals surface area contributed by atoms with E-state index in [1.165, 1.54) is 10.4 Å². The van der Waals surface area contributed by atoms with Gasteiger partial charge in [0, 0.05) is 10.9 Å². The number of aromatic nitrogens is 2. The van der Waals surface area contributed by atoms with Gasteiger partial charge in [-0.1, -0.05) is 0 Å². The van der Waals surface area contributed by atoms with Crippen LogP contribution in [0, 0.1) is 0 Å². The summed E-state index contributed by atoms with van der Waals surface area (Å²) >= 11 is 1.63. The van der Waals surface area contributed by atoms with Crippen LogP contribution in [-0.4, -0.2) is 47.9 Å². The highest BCUT2D eigenvalue weighted by Crippen LogP contribution is 2.34. The average molecular weight is 353 g/mol. The van der Waals surface area contributed by atoms with E-state index in [4.69, 9.17) is 0 Å². The van der Waals surface area contributed by atoms with E-state index in [2.05, 4.69) is 9.97 Å². The topological polar surface area (TPSA) is 83.1 Å². The first kappa shape index (κ1) is 15.3. The van der Waals surface area contributed by atoms with Gasteiger partial charge >= 0.3 is 0 Å². The van der Waals surface area contributed by atoms with Crippen molar-refractivity contribution in [3.05, 3.63) is 26.6 Å². The Morgan fingerprint density at radius 1 is 1.39 bits per heavy atom. The van der Waals surface area contributed by atoms with Crippen molar-refractivity contribution < 1.29 is 8.42 Å². The summed E-state index contributed by atoms with van der Waals surface area (Å²) in [5, 5.41) is 0.761. The Kier molecular flexibility index (Phi) is 3.58. The van der Waals surface area contributed by atoms with Gasteiger partial charge in [0.05, 0.1) is 23.4 Å². The van der Waals surface area contributed by atoms with Gasteiger partial charge < -0.3 is 4.98 Å². The fraction of sp³-hybridized carbons (Fsp3) is 0.600. The third kappa shape index (κ3) is 2.72. The molecule has 6 nitrogen and oxygen atoms in total. The van der Waals surface area contributed by atoms with Crippen molar-refractivity contribution in [1.82, 2.24) is 14.9 Å². The molecule has 1 aliphatic heterocycles. The maximum atomic E-state index is 12.4. The minimum absolute atomic E-state index is 0.00865. The molecule has 4 rings (SSSR count). The lowest BCUT2D eigenvalue weighted by Gasteiger charge is -2.22. The number of thiophene rings is 1. The van der Waals surface area contributed by atoms with Crippen LogP contribution in [0.15, 0.2) is 4.79 Å². The van der Waals surface area contributed by atoms with E-state index in [1.54, 1.807) is 11.3 Å². The molecule has 0 aromatic carbocycles. The molecular formula is C15H19N3O3S2. The second-order valence-electron chi connectivity index (χ2n) is 6.52. The van der Waals surface area contributed by atoms with Crippen LogP contribution in [-0.2, 0) is 29.2 Å². The Morgan fingerprint density at radius 3 is 2.96 bits per heavy atom. The maximum Gasteiger partial charge on any atom is 0.259 e. The maximum absolute atomic E-state index is 12.4. The number of aromatic amines is 1. The molecule has 0 radical (unpaired) electrons. The monoisotopic (exact) mass is 353 g/mol. The fourth-order valence-corrected chi connectivity index (χ4v) is 6.70. The number of hydrogen-bond donors (Lipinski definition) is 1. The second-order valence-corrected chi connectivity index (χ2v) is 9.83. The van der Waals surface area contributed by atoms with E-state index < -0.39 is 9.84 Å². The fourth-order valence-electron chi connectivity index (χ4n) is 3.61. The zero-order valence-corrected chi connectivity index (χ0v) is 14.6. The first-order valence-electron chi connectivity index (χ1n) is 7.87. The molecule has 0 bridgehead atoms. The lowest BCUT2D eigenvalue weighted by Crippen LogP contribution is -2.33. The van der Waals surface area contributed by atoms with Crippen LogP contribution in [0.1, 0.15) is 29.1 Å². The molecule has 1 N–H and O–H groups in total. The van der Waals surface area contributed by atoms with Crippen LogP contribution in [0.5, 0.6) is 0 Å². The lowest BCUT2D eigenvalue weighted by molar-refractivity contribution is 0.248. The molecule has 0 amide bonds. The Bertz CT molecular complexity index is 929. The zero-order valence-electron chi connectivity index (χ0n) is 13.0. The van der Waals surface area contributed by atoms with Gasteiger partial charge in [-0.15, -0.1) is 11.3 Å². The van der Waals surface area contributed by atoms with Crippen molar-refractivity contribution in [3.8, 4) is 0 Å². The summed E-state index contributed by atoms with van der Waals surface area (Å²) < 4.78 is 23.2. The van der Waals surface area contributed by atoms with E-state index in [9.17, 15) is 13.2 Å². The van der Waals surface area contributed by atoms with Crippen molar-refractivity contribution in [2.75, 3.05) is 18.6 Å². The number of rotatable bonds is 3. The van der Waals surface area contributed by atoms with Crippen molar-refractivity contribution >= 4 is 31.4 Å². The summed E-state index contributed by atoms with van der Waals surface area (Å²) in [4.78, 5) is 24.0. The van der Waals surface area contributed by atoms with Gasteiger partial charge in [0.25, 0.3) is 5.56 Å². The van der Waals surface area contributed by atoms with Crippen LogP contribution in [0.2, 0.25) is 0 Å². The molecule has 0 unspecified atom stereocenters. The number of sulfone groups is 1. The molecular weight excluding hydrogens is 334 g/mol. The Morgan fingerprint density at radius 2 is 2.22 bits per heavy atom. The van der Waals surface area contributed by atoms with E-state index in [-0.39, 0.29) is 23.1 Å². The SMILES string of the molecule is CN(Cc1nc2sc3c(c2c(=O)[nH]1)CCC3)[C@@H]1CCS(=O)(=O)C1. The third-order valence-corrected chi connectivity index (χ3v) is 7.79. The number of hydrogen-bond acceptors (Lipinski definition) is 6. The predicted molar refractivity (Wildman–Crippen MR) is 90.8 cm³/mol. The van der Waals surface area contributed by atoms with Crippen LogP contribution in [0.4, 0.5) is 0 Å². The minimum atomic E-state index is -2.91. The van der Waals surface area contributed by atoms with Crippen LogP contribution >= 0.6 is 11.3 Å². The van der Waals surface area contributed by atoms with E-state index in [0.717, 1.165) is 29.5 Å². The summed E-state index contributed by atoms with van der Waals surface area (Å²) in [5.41, 5.74) is 1.12. The predicted octanol–water partition coefficient (Wildman–Crippen LogP) is 1.09. The number of fused-ring (bicyclic) bond motifs is 3. The number of nitrogens with zero attached hydrogens (tertiary/aromatic N) is 2. The molecule has 0 spiro atoms. The molecule has 1 saturated heterocycles. The van der Waals surface area contributed by atoms with Crippen molar-refractivity contribution in [2.45, 2.75) is 38.3 Å². The van der Waals surface area contributed by atoms with Crippen molar-refractivity contribution in [1.29, 1.82) is 0 Å². The summed E-state index contributed by atoms with van der Waals surface area (Å²) in [6.45, 7) is 0.466. The highest BCUT2D eigenvalue weighted by Gasteiger charge is 2.31. The summed E-state index contributed by atoms with van der Waals surface area (Å²) in [7, 11) is -1.01. The van der Waals surface area contributed by atoms with Gasteiger partial charge in [0.2, 0.25) is 0 Å². The second kappa shape index (κ2) is 5.39. The largest absolute Gasteiger partial charge is 0.309 e. The Balaban J connectivity index is 1.61. The van der Waals surface area contributed by atoms with E-state index in [0.29, 0.717) is 18.8 Å². The van der Waals surface area contributed by atoms with Crippen LogP contribution in [0.3, 0.4) is 0 Å². The standard InChI is InChI=1S/C15H19N3O3S2/c1-18(9-5-6-23(20,21)8-9)7-12-16-14(19)13-10-3-2-4-11(10)22-15(13)17-12/h9H,2-8H2,1H3,(H,16,17,19)/t9-/m1/s1. The molecule has 1 fully saturated rings. The quantitative estimate of drug-likeness (QED) is 0.893. The number of aryl methyl sites for hydroxylation is 2. The average Bonchev–Trinajstić information content (AvgIpc) is 3.11. The lowest BCUT2D eigenvalue weighted by atomic mass is 10.2. The van der Waals surface area contributed by atoms with Gasteiger partial charge in [-0.25, -0.2) is 13.4 Å². The van der Waals surface area contributed by atoms with E-state index in [1.807, 2.05) is 11.9 Å². The molecule has 2 aliphatic rings. The summed E-state index contributed by atoms with van der Waals surface area (Å²) in [6.07, 6.45) is 3.79. The molecule has 124 valence electrons. The van der Waals surface area contributed by atoms with E-state index >= 15 is 0 Å². The van der Waals surface area contributed by atoms with Gasteiger partial charge in [-0.3, -0.25) is 9.69 Å². The summed E-state index contributed by atoms with van der Waals surface area (Å²) in [5.74, 6) is 1.07. The van der Waals surface area contributed by atoms with Crippen molar-refractivity contribution in [2.24, 2.45) is 0 Å². The third-order valence-electron chi connectivity index (χ3n) is 4.86. The Hall–Kier alpha value is -1.25. The van der Waals surface area contributed by atoms with Crippen LogP contribution in [0.25, 0.3) is 10.2 Å². The number of nitrogens with one attached hydrogen (secondary N) is 1. The molecule has 1 atom stereocenters. The molecule has 23 heavy (non-hydrogen) atoms. The molecule has 0 saturated carbocycles. The number of H-pyrrole nitrogens is 1. The molecule has 2 aromatic heterocycles. The van der Waals surface area contributed by atoms with Gasteiger partial charge in [-0.05, 0) is 38.3 Å². The first-order valence-corrected chi connectivity index (χ1v) is 10.5. The summed E-state index contributed by atoms with van der Waals surface area (Å²) in [6, 6.07) is 0.00865. The normalized spacial score (nSPS) is 23.0. The van der Waals surface area contributed by atoms with Gasteiger partial charge in [-0.2, -0.15) is 0 Å².